The number of hydrogen-bond donors (Lipinski definition) is 1. The van der Waals surface area contributed by atoms with Crippen LogP contribution in [0.15, 0.2) is 30.5 Å². The Bertz CT molecular complexity index is 544. The quantitative estimate of drug-likeness (QED) is 0.884. The molecule has 108 valence electrons. The lowest BCUT2D eigenvalue weighted by atomic mass is 10.2. The van der Waals surface area contributed by atoms with Gasteiger partial charge in [-0.3, -0.25) is 0 Å². The van der Waals surface area contributed by atoms with E-state index < -0.39 is 0 Å². The minimum absolute atomic E-state index is 0.652. The third-order valence-electron chi connectivity index (χ3n) is 3.47. The average Bonchev–Trinajstić information content (AvgIpc) is 2.79. The predicted octanol–water partition coefficient (Wildman–Crippen LogP) is 3.53. The van der Waals surface area contributed by atoms with Crippen molar-refractivity contribution in [2.75, 3.05) is 23.3 Å². The van der Waals surface area contributed by atoms with E-state index in [4.69, 9.17) is 11.6 Å². The van der Waals surface area contributed by atoms with Gasteiger partial charge < -0.3 is 14.8 Å². The molecule has 0 fully saturated rings. The summed E-state index contributed by atoms with van der Waals surface area (Å²) >= 11 is 5.97. The summed E-state index contributed by atoms with van der Waals surface area (Å²) < 4.78 is 1.87. The third-order valence-corrected chi connectivity index (χ3v) is 3.83. The summed E-state index contributed by atoms with van der Waals surface area (Å²) in [6.45, 7) is 7.04. The van der Waals surface area contributed by atoms with Crippen LogP contribution >= 0.6 is 11.6 Å². The average molecular weight is 293 g/mol. The molecule has 20 heavy (non-hydrogen) atoms. The van der Waals surface area contributed by atoms with Gasteiger partial charge >= 0.3 is 0 Å². The summed E-state index contributed by atoms with van der Waals surface area (Å²) in [7, 11) is 1.91. The van der Waals surface area contributed by atoms with Crippen LogP contribution in [0.3, 0.4) is 0 Å². The standard InChI is InChI=1S/C15H21ClN4/c1-4-20(5-2)13-8-6-12(7-9-13)17-11-15-18-10-14(16)19(15)3/h6-10,17H,4-5,11H2,1-3H3. The van der Waals surface area contributed by atoms with E-state index in [-0.39, 0.29) is 0 Å². The summed E-state index contributed by atoms with van der Waals surface area (Å²) in [6, 6.07) is 8.47. The number of benzene rings is 1. The summed E-state index contributed by atoms with van der Waals surface area (Å²) in [4.78, 5) is 6.58. The van der Waals surface area contributed by atoms with Gasteiger partial charge in [0.2, 0.25) is 0 Å². The highest BCUT2D eigenvalue weighted by atomic mass is 35.5. The molecule has 0 aliphatic rings. The van der Waals surface area contributed by atoms with Crippen molar-refractivity contribution in [1.82, 2.24) is 9.55 Å². The zero-order valence-corrected chi connectivity index (χ0v) is 13.0. The van der Waals surface area contributed by atoms with Crippen molar-refractivity contribution in [1.29, 1.82) is 0 Å². The molecule has 2 rings (SSSR count). The van der Waals surface area contributed by atoms with E-state index in [1.54, 1.807) is 6.20 Å². The fourth-order valence-electron chi connectivity index (χ4n) is 2.15. The lowest BCUT2D eigenvalue weighted by Crippen LogP contribution is -2.21. The molecule has 0 radical (unpaired) electrons. The van der Waals surface area contributed by atoms with E-state index in [0.717, 1.165) is 24.6 Å². The van der Waals surface area contributed by atoms with Crippen molar-refractivity contribution in [2.45, 2.75) is 20.4 Å². The van der Waals surface area contributed by atoms with E-state index >= 15 is 0 Å². The van der Waals surface area contributed by atoms with E-state index in [9.17, 15) is 0 Å². The normalized spacial score (nSPS) is 10.6. The van der Waals surface area contributed by atoms with Crippen molar-refractivity contribution < 1.29 is 0 Å². The number of nitrogens with zero attached hydrogens (tertiary/aromatic N) is 3. The first-order valence-corrected chi connectivity index (χ1v) is 7.28. The van der Waals surface area contributed by atoms with Crippen LogP contribution in [-0.2, 0) is 13.6 Å². The van der Waals surface area contributed by atoms with E-state index in [1.165, 1.54) is 5.69 Å². The van der Waals surface area contributed by atoms with Gasteiger partial charge in [0.25, 0.3) is 0 Å². The smallest absolute Gasteiger partial charge is 0.128 e. The van der Waals surface area contributed by atoms with Crippen LogP contribution in [0.2, 0.25) is 5.15 Å². The molecule has 0 saturated carbocycles. The Labute approximate surface area is 125 Å². The number of halogens is 1. The zero-order valence-electron chi connectivity index (χ0n) is 12.2. The minimum atomic E-state index is 0.652. The fourth-order valence-corrected chi connectivity index (χ4v) is 2.29. The van der Waals surface area contributed by atoms with Gasteiger partial charge in [-0.25, -0.2) is 4.98 Å². The van der Waals surface area contributed by atoms with Gasteiger partial charge in [-0.1, -0.05) is 11.6 Å². The molecule has 2 aromatic rings. The number of aromatic nitrogens is 2. The first-order valence-electron chi connectivity index (χ1n) is 6.90. The van der Waals surface area contributed by atoms with Gasteiger partial charge in [0.15, 0.2) is 0 Å². The Morgan fingerprint density at radius 3 is 2.35 bits per heavy atom. The summed E-state index contributed by atoms with van der Waals surface area (Å²) in [6.07, 6.45) is 1.67. The third kappa shape index (κ3) is 3.25. The second-order valence-electron chi connectivity index (χ2n) is 4.63. The number of anilines is 2. The first kappa shape index (κ1) is 14.7. The highest BCUT2D eigenvalue weighted by Crippen LogP contribution is 2.18. The van der Waals surface area contributed by atoms with Gasteiger partial charge in [-0.15, -0.1) is 0 Å². The summed E-state index contributed by atoms with van der Waals surface area (Å²) in [5.74, 6) is 0.919. The van der Waals surface area contributed by atoms with Gasteiger partial charge in [0.05, 0.1) is 12.7 Å². The topological polar surface area (TPSA) is 33.1 Å². The molecule has 0 saturated heterocycles. The molecule has 0 atom stereocenters. The molecule has 1 N–H and O–H groups in total. The van der Waals surface area contributed by atoms with E-state index in [1.807, 2.05) is 11.6 Å². The molecule has 4 nitrogen and oxygen atoms in total. The Balaban J connectivity index is 1.99. The number of rotatable bonds is 6. The maximum atomic E-state index is 5.97. The van der Waals surface area contributed by atoms with Crippen molar-refractivity contribution in [3.63, 3.8) is 0 Å². The molecule has 0 aliphatic heterocycles. The van der Waals surface area contributed by atoms with Gasteiger partial charge in [-0.05, 0) is 38.1 Å². The Morgan fingerprint density at radius 1 is 1.20 bits per heavy atom. The van der Waals surface area contributed by atoms with Crippen LogP contribution in [-0.4, -0.2) is 22.6 Å². The minimum Gasteiger partial charge on any atom is -0.378 e. The maximum absolute atomic E-state index is 5.97. The Kier molecular flexibility index (Phi) is 4.90. The first-order chi connectivity index (χ1) is 9.65. The lowest BCUT2D eigenvalue weighted by molar-refractivity contribution is 0.813. The van der Waals surface area contributed by atoms with Crippen LogP contribution in [0.5, 0.6) is 0 Å². The molecule has 0 bridgehead atoms. The fraction of sp³-hybridized carbons (Fsp3) is 0.400. The highest BCUT2D eigenvalue weighted by molar-refractivity contribution is 6.29. The summed E-state index contributed by atoms with van der Waals surface area (Å²) in [5, 5.41) is 4.01. The zero-order chi connectivity index (χ0) is 14.5. The SMILES string of the molecule is CCN(CC)c1ccc(NCc2ncc(Cl)n2C)cc1. The molecule has 5 heteroatoms. The molecule has 0 amide bonds. The number of imidazole rings is 1. The lowest BCUT2D eigenvalue weighted by Gasteiger charge is -2.21. The van der Waals surface area contributed by atoms with Crippen molar-refractivity contribution in [3.05, 3.63) is 41.4 Å². The largest absolute Gasteiger partial charge is 0.378 e. The molecular formula is C15H21ClN4. The molecule has 1 aromatic heterocycles. The van der Waals surface area contributed by atoms with Gasteiger partial charge in [0, 0.05) is 31.5 Å². The second-order valence-corrected chi connectivity index (χ2v) is 5.02. The molecule has 0 unspecified atom stereocenters. The summed E-state index contributed by atoms with van der Waals surface area (Å²) in [5.41, 5.74) is 2.33. The van der Waals surface area contributed by atoms with Crippen LogP contribution in [0.1, 0.15) is 19.7 Å². The van der Waals surface area contributed by atoms with Crippen molar-refractivity contribution in [3.8, 4) is 0 Å². The Hall–Kier alpha value is -1.68. The monoisotopic (exact) mass is 292 g/mol. The molecule has 0 aliphatic carbocycles. The van der Waals surface area contributed by atoms with Gasteiger partial charge in [0.1, 0.15) is 11.0 Å². The highest BCUT2D eigenvalue weighted by Gasteiger charge is 2.05. The van der Waals surface area contributed by atoms with E-state index in [2.05, 4.69) is 53.3 Å². The number of hydrogen-bond acceptors (Lipinski definition) is 3. The van der Waals surface area contributed by atoms with Crippen LogP contribution in [0, 0.1) is 0 Å². The van der Waals surface area contributed by atoms with Crippen LogP contribution < -0.4 is 10.2 Å². The number of nitrogens with one attached hydrogen (secondary N) is 1. The molecular weight excluding hydrogens is 272 g/mol. The van der Waals surface area contributed by atoms with Crippen LogP contribution in [0.4, 0.5) is 11.4 Å². The molecule has 1 aromatic carbocycles. The molecule has 0 spiro atoms. The van der Waals surface area contributed by atoms with Crippen molar-refractivity contribution in [2.24, 2.45) is 7.05 Å². The van der Waals surface area contributed by atoms with Gasteiger partial charge in [-0.2, -0.15) is 0 Å². The predicted molar refractivity (Wildman–Crippen MR) is 85.5 cm³/mol. The Morgan fingerprint density at radius 2 is 1.85 bits per heavy atom. The molecule has 1 heterocycles. The maximum Gasteiger partial charge on any atom is 0.128 e. The van der Waals surface area contributed by atoms with Crippen LogP contribution in [0.25, 0.3) is 0 Å². The van der Waals surface area contributed by atoms with Crippen molar-refractivity contribution >= 4 is 23.0 Å². The van der Waals surface area contributed by atoms with E-state index in [0.29, 0.717) is 11.7 Å². The second kappa shape index (κ2) is 6.66.